The SMILES string of the molecule is CN1C[C@@H](C2(Cc3cc(F)ccc3C(F)(F)F)CC2c2ccc(N)c(Cl)c2)CC1=O. The van der Waals surface area contributed by atoms with Crippen LogP contribution in [0.3, 0.4) is 0 Å². The molecule has 0 spiro atoms. The summed E-state index contributed by atoms with van der Waals surface area (Å²) < 4.78 is 54.6. The van der Waals surface area contributed by atoms with Crippen molar-refractivity contribution in [1.82, 2.24) is 4.90 Å². The third-order valence-corrected chi connectivity index (χ3v) is 6.92. The minimum atomic E-state index is -4.58. The van der Waals surface area contributed by atoms with Gasteiger partial charge in [0.05, 0.1) is 16.3 Å². The van der Waals surface area contributed by atoms with Gasteiger partial charge in [-0.1, -0.05) is 17.7 Å². The zero-order valence-electron chi connectivity index (χ0n) is 16.3. The molecule has 0 bridgehead atoms. The van der Waals surface area contributed by atoms with Crippen LogP contribution in [0.5, 0.6) is 0 Å². The lowest BCUT2D eigenvalue weighted by Crippen LogP contribution is -2.26. The van der Waals surface area contributed by atoms with E-state index in [1.54, 1.807) is 24.1 Å². The highest BCUT2D eigenvalue weighted by molar-refractivity contribution is 6.33. The molecule has 1 saturated heterocycles. The second-order valence-electron chi connectivity index (χ2n) is 8.42. The summed E-state index contributed by atoms with van der Waals surface area (Å²) >= 11 is 6.17. The zero-order valence-corrected chi connectivity index (χ0v) is 17.0. The minimum absolute atomic E-state index is 0.0318. The number of carbonyl (C=O) groups is 1. The van der Waals surface area contributed by atoms with Crippen LogP contribution in [-0.2, 0) is 17.4 Å². The molecule has 2 aromatic carbocycles. The van der Waals surface area contributed by atoms with Crippen molar-refractivity contribution in [1.29, 1.82) is 0 Å². The smallest absolute Gasteiger partial charge is 0.398 e. The van der Waals surface area contributed by atoms with Gasteiger partial charge in [-0.25, -0.2) is 4.39 Å². The van der Waals surface area contributed by atoms with Crippen LogP contribution in [0.4, 0.5) is 23.2 Å². The van der Waals surface area contributed by atoms with Crippen molar-refractivity contribution in [2.75, 3.05) is 19.3 Å². The first-order valence-electron chi connectivity index (χ1n) is 9.66. The van der Waals surface area contributed by atoms with Crippen molar-refractivity contribution < 1.29 is 22.4 Å². The molecule has 1 saturated carbocycles. The van der Waals surface area contributed by atoms with E-state index in [-0.39, 0.29) is 36.1 Å². The Kier molecular flexibility index (Phi) is 5.00. The number of hydrogen-bond donors (Lipinski definition) is 1. The van der Waals surface area contributed by atoms with Gasteiger partial charge in [-0.05, 0) is 71.6 Å². The lowest BCUT2D eigenvalue weighted by Gasteiger charge is -2.26. The molecule has 30 heavy (non-hydrogen) atoms. The van der Waals surface area contributed by atoms with E-state index in [2.05, 4.69) is 0 Å². The molecule has 160 valence electrons. The second-order valence-corrected chi connectivity index (χ2v) is 8.83. The van der Waals surface area contributed by atoms with Crippen LogP contribution in [0.2, 0.25) is 5.02 Å². The van der Waals surface area contributed by atoms with E-state index in [4.69, 9.17) is 17.3 Å². The summed E-state index contributed by atoms with van der Waals surface area (Å²) in [5.74, 6) is -0.943. The molecule has 1 heterocycles. The molecule has 8 heteroatoms. The summed E-state index contributed by atoms with van der Waals surface area (Å²) in [5, 5.41) is 0.384. The van der Waals surface area contributed by atoms with E-state index in [1.165, 1.54) is 0 Å². The first kappa shape index (κ1) is 21.0. The standard InChI is InChI=1S/C22H21ClF4N2O/c1-29-11-14(8-20(29)30)21(10-17(21)12-2-5-19(28)18(23)7-12)9-13-6-15(24)3-4-16(13)22(25,26)27/h2-7,14,17H,8-11,28H2,1H3/t14-,17?,21?/m0/s1. The fourth-order valence-corrected chi connectivity index (χ4v) is 5.10. The number of hydrogen-bond acceptors (Lipinski definition) is 2. The molecule has 2 fully saturated rings. The molecular weight excluding hydrogens is 420 g/mol. The average Bonchev–Trinajstić information content (AvgIpc) is 3.27. The van der Waals surface area contributed by atoms with E-state index >= 15 is 0 Å². The Morgan fingerprint density at radius 1 is 1.23 bits per heavy atom. The first-order chi connectivity index (χ1) is 14.0. The number of nitrogen functional groups attached to an aromatic ring is 1. The number of benzene rings is 2. The normalized spacial score (nSPS) is 26.3. The van der Waals surface area contributed by atoms with E-state index in [9.17, 15) is 22.4 Å². The minimum Gasteiger partial charge on any atom is -0.398 e. The van der Waals surface area contributed by atoms with E-state index < -0.39 is 23.0 Å². The van der Waals surface area contributed by atoms with E-state index in [0.717, 1.165) is 23.8 Å². The molecule has 3 nitrogen and oxygen atoms in total. The van der Waals surface area contributed by atoms with Gasteiger partial charge in [0.15, 0.2) is 0 Å². The Morgan fingerprint density at radius 3 is 2.57 bits per heavy atom. The Bertz CT molecular complexity index is 1010. The van der Waals surface area contributed by atoms with E-state index in [1.807, 2.05) is 6.07 Å². The molecule has 4 rings (SSSR count). The largest absolute Gasteiger partial charge is 0.416 e. The van der Waals surface area contributed by atoms with Crippen molar-refractivity contribution in [3.05, 3.63) is 63.9 Å². The van der Waals surface area contributed by atoms with Gasteiger partial charge in [0.2, 0.25) is 5.91 Å². The Hall–Kier alpha value is -2.28. The summed E-state index contributed by atoms with van der Waals surface area (Å²) in [5.41, 5.74) is 5.61. The number of rotatable bonds is 4. The van der Waals surface area contributed by atoms with Crippen LogP contribution in [-0.4, -0.2) is 24.4 Å². The molecule has 3 atom stereocenters. The average molecular weight is 441 g/mol. The first-order valence-corrected chi connectivity index (χ1v) is 10.0. The third-order valence-electron chi connectivity index (χ3n) is 6.59. The van der Waals surface area contributed by atoms with Gasteiger partial charge in [0.25, 0.3) is 0 Å². The van der Waals surface area contributed by atoms with Crippen molar-refractivity contribution in [3.8, 4) is 0 Å². The third kappa shape index (κ3) is 3.64. The van der Waals surface area contributed by atoms with Gasteiger partial charge >= 0.3 is 6.18 Å². The molecule has 1 amide bonds. The van der Waals surface area contributed by atoms with Gasteiger partial charge in [0.1, 0.15) is 5.82 Å². The summed E-state index contributed by atoms with van der Waals surface area (Å²) in [6.45, 7) is 0.467. The summed E-state index contributed by atoms with van der Waals surface area (Å²) in [6.07, 6.45) is -3.67. The Labute approximate surface area is 176 Å². The maximum atomic E-state index is 13.9. The monoisotopic (exact) mass is 440 g/mol. The highest BCUT2D eigenvalue weighted by atomic mass is 35.5. The number of amides is 1. The Morgan fingerprint density at radius 2 is 1.97 bits per heavy atom. The predicted octanol–water partition coefficient (Wildman–Crippen LogP) is 5.27. The molecular formula is C22H21ClF4N2O. The highest BCUT2D eigenvalue weighted by Crippen LogP contribution is 2.67. The Balaban J connectivity index is 1.75. The maximum absolute atomic E-state index is 13.9. The number of nitrogens with zero attached hydrogens (tertiary/aromatic N) is 1. The predicted molar refractivity (Wildman–Crippen MR) is 107 cm³/mol. The van der Waals surface area contributed by atoms with Gasteiger partial charge in [0, 0.05) is 20.0 Å². The number of anilines is 1. The van der Waals surface area contributed by atoms with Gasteiger partial charge in [-0.15, -0.1) is 0 Å². The van der Waals surface area contributed by atoms with Crippen molar-refractivity contribution >= 4 is 23.2 Å². The molecule has 2 aromatic rings. The molecule has 1 aliphatic carbocycles. The van der Waals surface area contributed by atoms with Gasteiger partial charge < -0.3 is 10.6 Å². The highest BCUT2D eigenvalue weighted by Gasteiger charge is 2.61. The van der Waals surface area contributed by atoms with Crippen LogP contribution in [0.15, 0.2) is 36.4 Å². The fraction of sp³-hybridized carbons (Fsp3) is 0.409. The van der Waals surface area contributed by atoms with Gasteiger partial charge in [-0.3, -0.25) is 4.79 Å². The summed E-state index contributed by atoms with van der Waals surface area (Å²) in [4.78, 5) is 13.8. The lowest BCUT2D eigenvalue weighted by atomic mass is 9.78. The number of carbonyl (C=O) groups excluding carboxylic acids is 1. The van der Waals surface area contributed by atoms with Crippen LogP contribution in [0.25, 0.3) is 0 Å². The van der Waals surface area contributed by atoms with Crippen molar-refractivity contribution in [2.24, 2.45) is 11.3 Å². The molecule has 0 aromatic heterocycles. The van der Waals surface area contributed by atoms with Crippen molar-refractivity contribution in [2.45, 2.75) is 31.4 Å². The molecule has 1 aliphatic heterocycles. The van der Waals surface area contributed by atoms with Gasteiger partial charge in [-0.2, -0.15) is 13.2 Å². The summed E-state index contributed by atoms with van der Waals surface area (Å²) in [6, 6.07) is 7.83. The topological polar surface area (TPSA) is 46.3 Å². The quantitative estimate of drug-likeness (QED) is 0.519. The number of halogens is 5. The molecule has 0 radical (unpaired) electrons. The molecule has 2 aliphatic rings. The second kappa shape index (κ2) is 7.15. The van der Waals surface area contributed by atoms with Crippen molar-refractivity contribution in [3.63, 3.8) is 0 Å². The number of alkyl halides is 3. The molecule has 2 N–H and O–H groups in total. The van der Waals surface area contributed by atoms with Crippen LogP contribution in [0.1, 0.15) is 35.4 Å². The van der Waals surface area contributed by atoms with Crippen LogP contribution >= 0.6 is 11.6 Å². The van der Waals surface area contributed by atoms with Crippen LogP contribution < -0.4 is 5.73 Å². The zero-order chi connectivity index (χ0) is 21.8. The number of likely N-dealkylation sites (tertiary alicyclic amines) is 1. The maximum Gasteiger partial charge on any atom is 0.416 e. The lowest BCUT2D eigenvalue weighted by molar-refractivity contribution is -0.138. The van der Waals surface area contributed by atoms with E-state index in [0.29, 0.717) is 23.7 Å². The fourth-order valence-electron chi connectivity index (χ4n) is 4.91. The summed E-state index contributed by atoms with van der Waals surface area (Å²) in [7, 11) is 1.69. The number of nitrogens with two attached hydrogens (primary N) is 1. The molecule has 2 unspecified atom stereocenters. The van der Waals surface area contributed by atoms with Crippen LogP contribution in [0, 0.1) is 17.2 Å².